The van der Waals surface area contributed by atoms with Crippen molar-refractivity contribution in [2.75, 3.05) is 5.73 Å². The second kappa shape index (κ2) is 3.39. The van der Waals surface area contributed by atoms with Gasteiger partial charge in [-0.1, -0.05) is 0 Å². The first-order chi connectivity index (χ1) is 6.58. The molecule has 2 rings (SSSR count). The maximum absolute atomic E-state index is 10.8. The van der Waals surface area contributed by atoms with Crippen LogP contribution >= 0.6 is 33.9 Å². The van der Waals surface area contributed by atoms with Crippen LogP contribution in [0, 0.1) is 2.88 Å². The number of aromatic carboxylic acids is 1. The van der Waals surface area contributed by atoms with Crippen LogP contribution in [0.4, 0.5) is 5.69 Å². The van der Waals surface area contributed by atoms with Crippen LogP contribution in [0.5, 0.6) is 0 Å². The number of carbonyl (C=O) groups is 1. The molecule has 0 aliphatic carbocycles. The van der Waals surface area contributed by atoms with Crippen molar-refractivity contribution in [1.29, 1.82) is 0 Å². The molecule has 1 aromatic heterocycles. The predicted octanol–water partition coefficient (Wildman–Crippen LogP) is 2.79. The molecule has 1 aromatic carbocycles. The number of hydrogen-bond donors (Lipinski definition) is 2. The van der Waals surface area contributed by atoms with E-state index < -0.39 is 5.97 Å². The Hall–Kier alpha value is -0.820. The van der Waals surface area contributed by atoms with E-state index in [0.717, 1.165) is 13.0 Å². The van der Waals surface area contributed by atoms with E-state index in [9.17, 15) is 4.79 Å². The van der Waals surface area contributed by atoms with Gasteiger partial charge in [0.2, 0.25) is 0 Å². The van der Waals surface area contributed by atoms with E-state index in [1.54, 1.807) is 17.4 Å². The summed E-state index contributed by atoms with van der Waals surface area (Å²) in [5.41, 5.74) is 6.52. The molecule has 0 aliphatic heterocycles. The molecule has 0 bridgehead atoms. The summed E-state index contributed by atoms with van der Waals surface area (Å²) in [6.45, 7) is 0. The maximum atomic E-state index is 10.8. The fourth-order valence-corrected chi connectivity index (χ4v) is 3.14. The van der Waals surface area contributed by atoms with E-state index in [0.29, 0.717) is 5.69 Å². The van der Waals surface area contributed by atoms with Gasteiger partial charge in [0.05, 0.1) is 8.45 Å². The molecule has 0 spiro atoms. The van der Waals surface area contributed by atoms with E-state index in [2.05, 4.69) is 22.6 Å². The van der Waals surface area contributed by atoms with E-state index in [1.807, 2.05) is 6.07 Å². The number of benzene rings is 1. The van der Waals surface area contributed by atoms with Gasteiger partial charge in [-0.05, 0) is 40.8 Å². The molecule has 0 saturated carbocycles. The zero-order valence-corrected chi connectivity index (χ0v) is 9.93. The lowest BCUT2D eigenvalue weighted by Gasteiger charge is -1.98. The molecule has 0 amide bonds. The van der Waals surface area contributed by atoms with Gasteiger partial charge in [-0.25, -0.2) is 4.79 Å². The summed E-state index contributed by atoms with van der Waals surface area (Å²) >= 11 is 3.74. The van der Waals surface area contributed by atoms with E-state index in [-0.39, 0.29) is 5.56 Å². The summed E-state index contributed by atoms with van der Waals surface area (Å²) in [7, 11) is 0. The van der Waals surface area contributed by atoms with Crippen molar-refractivity contribution in [3.63, 3.8) is 0 Å². The molecular weight excluding hydrogens is 313 g/mol. The van der Waals surface area contributed by atoms with Gasteiger partial charge in [-0.2, -0.15) is 0 Å². The average Bonchev–Trinajstić information content (AvgIpc) is 2.45. The molecule has 72 valence electrons. The SMILES string of the molecule is Nc1cc(C(=O)O)cc2sc(I)cc12. The summed E-state index contributed by atoms with van der Waals surface area (Å²) < 4.78 is 2.03. The largest absolute Gasteiger partial charge is 0.478 e. The molecule has 0 fully saturated rings. The third-order valence-electron chi connectivity index (χ3n) is 1.89. The number of carboxylic acid groups (broad SMARTS) is 1. The minimum Gasteiger partial charge on any atom is -0.478 e. The summed E-state index contributed by atoms with van der Waals surface area (Å²) in [6, 6.07) is 5.11. The summed E-state index contributed by atoms with van der Waals surface area (Å²) in [4.78, 5) is 10.8. The van der Waals surface area contributed by atoms with Crippen molar-refractivity contribution in [2.45, 2.75) is 0 Å². The van der Waals surface area contributed by atoms with E-state index in [4.69, 9.17) is 10.8 Å². The van der Waals surface area contributed by atoms with Crippen molar-refractivity contribution >= 4 is 55.7 Å². The van der Waals surface area contributed by atoms with E-state index >= 15 is 0 Å². The van der Waals surface area contributed by atoms with Crippen LogP contribution in [-0.2, 0) is 0 Å². The van der Waals surface area contributed by atoms with Crippen molar-refractivity contribution in [3.05, 3.63) is 26.6 Å². The first kappa shape index (κ1) is 9.72. The number of thiophene rings is 1. The first-order valence-electron chi connectivity index (χ1n) is 3.80. The lowest BCUT2D eigenvalue weighted by Crippen LogP contribution is -1.97. The molecule has 3 nitrogen and oxygen atoms in total. The summed E-state index contributed by atoms with van der Waals surface area (Å²) in [5, 5.41) is 9.76. The van der Waals surface area contributed by atoms with E-state index in [1.165, 1.54) is 6.07 Å². The van der Waals surface area contributed by atoms with Gasteiger partial charge in [-0.15, -0.1) is 11.3 Å². The standard InChI is InChI=1S/C9H6INO2S/c10-8-3-5-6(11)1-4(9(12)13)2-7(5)14-8/h1-3H,11H2,(H,12,13). The lowest BCUT2D eigenvalue weighted by atomic mass is 10.1. The molecule has 14 heavy (non-hydrogen) atoms. The molecule has 0 radical (unpaired) electrons. The molecule has 0 saturated heterocycles. The van der Waals surface area contributed by atoms with Crippen molar-refractivity contribution in [3.8, 4) is 0 Å². The number of nitrogens with two attached hydrogens (primary N) is 1. The van der Waals surface area contributed by atoms with Crippen molar-refractivity contribution in [1.82, 2.24) is 0 Å². The van der Waals surface area contributed by atoms with Gasteiger partial charge < -0.3 is 10.8 Å². The number of fused-ring (bicyclic) bond motifs is 1. The quantitative estimate of drug-likeness (QED) is 0.627. The molecule has 5 heteroatoms. The maximum Gasteiger partial charge on any atom is 0.335 e. The zero-order valence-electron chi connectivity index (χ0n) is 6.95. The Balaban J connectivity index is 2.77. The number of rotatable bonds is 1. The Morgan fingerprint density at radius 2 is 2.14 bits per heavy atom. The smallest absolute Gasteiger partial charge is 0.335 e. The first-order valence-corrected chi connectivity index (χ1v) is 5.69. The highest BCUT2D eigenvalue weighted by atomic mass is 127. The van der Waals surface area contributed by atoms with Crippen LogP contribution in [0.3, 0.4) is 0 Å². The fraction of sp³-hybridized carbons (Fsp3) is 0. The number of anilines is 1. The highest BCUT2D eigenvalue weighted by molar-refractivity contribution is 14.1. The normalized spacial score (nSPS) is 10.6. The fourth-order valence-electron chi connectivity index (χ4n) is 1.26. The summed E-state index contributed by atoms with van der Waals surface area (Å²) in [6.07, 6.45) is 0. The second-order valence-electron chi connectivity index (χ2n) is 2.83. The molecule has 3 N–H and O–H groups in total. The van der Waals surface area contributed by atoms with Crippen LogP contribution in [0.2, 0.25) is 0 Å². The Morgan fingerprint density at radius 1 is 1.43 bits per heavy atom. The number of hydrogen-bond acceptors (Lipinski definition) is 3. The third-order valence-corrected chi connectivity index (χ3v) is 3.73. The van der Waals surface area contributed by atoms with Crippen LogP contribution in [-0.4, -0.2) is 11.1 Å². The van der Waals surface area contributed by atoms with Gasteiger partial charge in [0.15, 0.2) is 0 Å². The second-order valence-corrected chi connectivity index (χ2v) is 5.81. The summed E-state index contributed by atoms with van der Waals surface area (Å²) in [5.74, 6) is -0.943. The van der Waals surface area contributed by atoms with Gasteiger partial charge in [-0.3, -0.25) is 0 Å². The molecular formula is C9H6INO2S. The monoisotopic (exact) mass is 319 g/mol. The lowest BCUT2D eigenvalue weighted by molar-refractivity contribution is 0.0697. The number of carboxylic acids is 1. The zero-order chi connectivity index (χ0) is 10.3. The molecule has 0 aliphatic rings. The minimum atomic E-state index is -0.943. The number of halogens is 1. The molecule has 1 heterocycles. The van der Waals surface area contributed by atoms with Crippen LogP contribution < -0.4 is 5.73 Å². The third kappa shape index (κ3) is 1.57. The topological polar surface area (TPSA) is 63.3 Å². The number of nitrogen functional groups attached to an aromatic ring is 1. The van der Waals surface area contributed by atoms with Crippen molar-refractivity contribution < 1.29 is 9.90 Å². The molecule has 0 atom stereocenters. The van der Waals surface area contributed by atoms with Gasteiger partial charge in [0.25, 0.3) is 0 Å². The van der Waals surface area contributed by atoms with Crippen molar-refractivity contribution in [2.24, 2.45) is 0 Å². The Bertz CT molecular complexity index is 521. The predicted molar refractivity (Wildman–Crippen MR) is 65.9 cm³/mol. The Kier molecular flexibility index (Phi) is 2.36. The van der Waals surface area contributed by atoms with Crippen LogP contribution in [0.15, 0.2) is 18.2 Å². The van der Waals surface area contributed by atoms with Gasteiger partial charge >= 0.3 is 5.97 Å². The van der Waals surface area contributed by atoms with Gasteiger partial charge in [0.1, 0.15) is 0 Å². The highest BCUT2D eigenvalue weighted by Gasteiger charge is 2.09. The molecule has 0 unspecified atom stereocenters. The van der Waals surface area contributed by atoms with Crippen LogP contribution in [0.1, 0.15) is 10.4 Å². The van der Waals surface area contributed by atoms with Crippen LogP contribution in [0.25, 0.3) is 10.1 Å². The highest BCUT2D eigenvalue weighted by Crippen LogP contribution is 2.31. The Morgan fingerprint density at radius 3 is 2.79 bits per heavy atom. The Labute approximate surface area is 97.7 Å². The van der Waals surface area contributed by atoms with Gasteiger partial charge in [0, 0.05) is 15.8 Å². The average molecular weight is 319 g/mol. The molecule has 2 aromatic rings. The minimum absolute atomic E-state index is 0.244.